The number of rotatable bonds is 4. The molecular formula is C9H13ClN2O. The molecule has 0 aliphatic carbocycles. The van der Waals surface area contributed by atoms with E-state index in [9.17, 15) is 0 Å². The van der Waals surface area contributed by atoms with Crippen LogP contribution in [0.3, 0.4) is 0 Å². The summed E-state index contributed by atoms with van der Waals surface area (Å²) in [6, 6.07) is 1.71. The molecule has 0 N–H and O–H groups in total. The van der Waals surface area contributed by atoms with Gasteiger partial charge in [0.1, 0.15) is 0 Å². The third kappa shape index (κ3) is 3.59. The molecule has 1 atom stereocenters. The van der Waals surface area contributed by atoms with Crippen LogP contribution in [0.4, 0.5) is 0 Å². The Morgan fingerprint density at radius 2 is 2.38 bits per heavy atom. The van der Waals surface area contributed by atoms with Gasteiger partial charge in [0.2, 0.25) is 11.2 Å². The van der Waals surface area contributed by atoms with Crippen LogP contribution in [0, 0.1) is 0 Å². The van der Waals surface area contributed by atoms with Gasteiger partial charge in [-0.2, -0.15) is 4.98 Å². The summed E-state index contributed by atoms with van der Waals surface area (Å²) in [6.07, 6.45) is 3.88. The van der Waals surface area contributed by atoms with Crippen molar-refractivity contribution in [2.45, 2.75) is 32.8 Å². The second-order valence-electron chi connectivity index (χ2n) is 2.88. The normalized spacial score (nSPS) is 12.5. The summed E-state index contributed by atoms with van der Waals surface area (Å²) in [4.78, 5) is 7.69. The highest BCUT2D eigenvalue weighted by molar-refractivity contribution is 6.28. The van der Waals surface area contributed by atoms with Gasteiger partial charge in [-0.3, -0.25) is 0 Å². The van der Waals surface area contributed by atoms with Crippen molar-refractivity contribution in [2.24, 2.45) is 0 Å². The fourth-order valence-corrected chi connectivity index (χ4v) is 1.20. The van der Waals surface area contributed by atoms with Gasteiger partial charge in [0.05, 0.1) is 6.10 Å². The first kappa shape index (κ1) is 10.3. The molecule has 0 aromatic carbocycles. The maximum absolute atomic E-state index is 5.60. The molecule has 1 aromatic heterocycles. The average molecular weight is 201 g/mol. The van der Waals surface area contributed by atoms with Crippen molar-refractivity contribution in [1.82, 2.24) is 9.97 Å². The van der Waals surface area contributed by atoms with Crippen molar-refractivity contribution < 1.29 is 4.74 Å². The number of nitrogens with zero attached hydrogens (tertiary/aromatic N) is 2. The summed E-state index contributed by atoms with van der Waals surface area (Å²) < 4.78 is 5.50. The number of halogens is 1. The van der Waals surface area contributed by atoms with Crippen LogP contribution in [-0.4, -0.2) is 16.1 Å². The maximum Gasteiger partial charge on any atom is 0.225 e. The molecule has 1 heterocycles. The largest absolute Gasteiger partial charge is 0.475 e. The number of ether oxygens (including phenoxy) is 1. The lowest BCUT2D eigenvalue weighted by Gasteiger charge is -2.11. The molecule has 0 amide bonds. The van der Waals surface area contributed by atoms with Gasteiger partial charge in [0, 0.05) is 12.3 Å². The summed E-state index contributed by atoms with van der Waals surface area (Å²) in [5.74, 6) is 0.543. The Hall–Kier alpha value is -0.830. The van der Waals surface area contributed by atoms with Gasteiger partial charge in [-0.15, -0.1) is 0 Å². The Balaban J connectivity index is 2.53. The van der Waals surface area contributed by atoms with Crippen LogP contribution in [-0.2, 0) is 0 Å². The SMILES string of the molecule is CCCC(C)Oc1ccnc(Cl)n1. The van der Waals surface area contributed by atoms with Crippen LogP contribution in [0.15, 0.2) is 12.3 Å². The Morgan fingerprint density at radius 1 is 1.62 bits per heavy atom. The standard InChI is InChI=1S/C9H13ClN2O/c1-3-4-7(2)13-8-5-6-11-9(10)12-8/h5-7H,3-4H2,1-2H3. The summed E-state index contributed by atoms with van der Waals surface area (Å²) in [5.41, 5.74) is 0. The average Bonchev–Trinajstić information content (AvgIpc) is 2.04. The lowest BCUT2D eigenvalue weighted by molar-refractivity contribution is 0.201. The van der Waals surface area contributed by atoms with Gasteiger partial charge in [-0.05, 0) is 24.9 Å². The number of aromatic nitrogens is 2. The molecule has 0 spiro atoms. The minimum absolute atomic E-state index is 0.177. The third-order valence-corrected chi connectivity index (χ3v) is 1.80. The van der Waals surface area contributed by atoms with Crippen molar-refractivity contribution in [3.63, 3.8) is 0 Å². The molecule has 4 heteroatoms. The summed E-state index contributed by atoms with van der Waals surface area (Å²) in [5, 5.41) is 0.223. The Bertz CT molecular complexity index is 268. The van der Waals surface area contributed by atoms with Crippen molar-refractivity contribution >= 4 is 11.6 Å². The van der Waals surface area contributed by atoms with E-state index in [1.807, 2.05) is 6.92 Å². The quantitative estimate of drug-likeness (QED) is 0.701. The Kier molecular flexibility index (Phi) is 3.96. The molecule has 1 aromatic rings. The molecule has 0 aliphatic heterocycles. The van der Waals surface area contributed by atoms with Crippen LogP contribution in [0.25, 0.3) is 0 Å². The second kappa shape index (κ2) is 5.02. The predicted octanol–water partition coefficient (Wildman–Crippen LogP) is 2.70. The van der Waals surface area contributed by atoms with Gasteiger partial charge in [0.25, 0.3) is 0 Å². The van der Waals surface area contributed by atoms with Crippen LogP contribution >= 0.6 is 11.6 Å². The highest BCUT2D eigenvalue weighted by Crippen LogP contribution is 2.12. The van der Waals surface area contributed by atoms with Crippen LogP contribution in [0.5, 0.6) is 5.88 Å². The van der Waals surface area contributed by atoms with Crippen LogP contribution in [0.2, 0.25) is 5.28 Å². The van der Waals surface area contributed by atoms with E-state index in [0.717, 1.165) is 12.8 Å². The third-order valence-electron chi connectivity index (χ3n) is 1.62. The van der Waals surface area contributed by atoms with Crippen LogP contribution < -0.4 is 4.74 Å². The van der Waals surface area contributed by atoms with Gasteiger partial charge in [-0.1, -0.05) is 13.3 Å². The van der Waals surface area contributed by atoms with Gasteiger partial charge < -0.3 is 4.74 Å². The molecule has 0 saturated carbocycles. The molecule has 1 rings (SSSR count). The Labute approximate surface area is 83.1 Å². The lowest BCUT2D eigenvalue weighted by atomic mass is 10.2. The van der Waals surface area contributed by atoms with E-state index in [1.165, 1.54) is 0 Å². The predicted molar refractivity (Wildman–Crippen MR) is 52.0 cm³/mol. The Morgan fingerprint density at radius 3 is 3.00 bits per heavy atom. The van der Waals surface area contributed by atoms with E-state index < -0.39 is 0 Å². The minimum Gasteiger partial charge on any atom is -0.475 e. The molecule has 0 saturated heterocycles. The molecule has 0 fully saturated rings. The zero-order valence-corrected chi connectivity index (χ0v) is 8.58. The summed E-state index contributed by atoms with van der Waals surface area (Å²) in [7, 11) is 0. The van der Waals surface area contributed by atoms with Crippen LogP contribution in [0.1, 0.15) is 26.7 Å². The van der Waals surface area contributed by atoms with Crippen molar-refractivity contribution in [1.29, 1.82) is 0 Å². The first-order chi connectivity index (χ1) is 6.22. The van der Waals surface area contributed by atoms with Crippen molar-refractivity contribution in [3.05, 3.63) is 17.5 Å². The molecule has 0 radical (unpaired) electrons. The minimum atomic E-state index is 0.177. The first-order valence-corrected chi connectivity index (χ1v) is 4.75. The van der Waals surface area contributed by atoms with E-state index in [1.54, 1.807) is 12.3 Å². The lowest BCUT2D eigenvalue weighted by Crippen LogP contribution is -2.11. The van der Waals surface area contributed by atoms with Gasteiger partial charge in [0.15, 0.2) is 0 Å². The molecule has 72 valence electrons. The molecule has 13 heavy (non-hydrogen) atoms. The fourth-order valence-electron chi connectivity index (χ4n) is 1.06. The molecule has 1 unspecified atom stereocenters. The number of hydrogen-bond acceptors (Lipinski definition) is 3. The highest BCUT2D eigenvalue weighted by Gasteiger charge is 2.03. The summed E-state index contributed by atoms with van der Waals surface area (Å²) >= 11 is 5.60. The first-order valence-electron chi connectivity index (χ1n) is 4.37. The van der Waals surface area contributed by atoms with E-state index in [4.69, 9.17) is 16.3 Å². The molecular weight excluding hydrogens is 188 g/mol. The van der Waals surface area contributed by atoms with E-state index >= 15 is 0 Å². The van der Waals surface area contributed by atoms with E-state index in [-0.39, 0.29) is 11.4 Å². The monoisotopic (exact) mass is 200 g/mol. The maximum atomic E-state index is 5.60. The highest BCUT2D eigenvalue weighted by atomic mass is 35.5. The second-order valence-corrected chi connectivity index (χ2v) is 3.22. The topological polar surface area (TPSA) is 35.0 Å². The van der Waals surface area contributed by atoms with E-state index in [0.29, 0.717) is 5.88 Å². The molecule has 0 aliphatic rings. The number of hydrogen-bond donors (Lipinski definition) is 0. The summed E-state index contributed by atoms with van der Waals surface area (Å²) in [6.45, 7) is 4.13. The zero-order valence-electron chi connectivity index (χ0n) is 7.83. The smallest absolute Gasteiger partial charge is 0.225 e. The van der Waals surface area contributed by atoms with Crippen molar-refractivity contribution in [3.8, 4) is 5.88 Å². The molecule has 3 nitrogen and oxygen atoms in total. The molecule has 0 bridgehead atoms. The van der Waals surface area contributed by atoms with Gasteiger partial charge >= 0.3 is 0 Å². The van der Waals surface area contributed by atoms with Gasteiger partial charge in [-0.25, -0.2) is 4.98 Å². The zero-order chi connectivity index (χ0) is 9.68. The fraction of sp³-hybridized carbons (Fsp3) is 0.556. The van der Waals surface area contributed by atoms with E-state index in [2.05, 4.69) is 16.9 Å². The van der Waals surface area contributed by atoms with Crippen molar-refractivity contribution in [2.75, 3.05) is 0 Å².